The van der Waals surface area contributed by atoms with Gasteiger partial charge in [0.1, 0.15) is 18.1 Å². The van der Waals surface area contributed by atoms with Gasteiger partial charge in [0.25, 0.3) is 0 Å². The summed E-state index contributed by atoms with van der Waals surface area (Å²) in [5.74, 6) is 2.60. The molecule has 3 heteroatoms. The van der Waals surface area contributed by atoms with Crippen molar-refractivity contribution in [1.82, 2.24) is 5.32 Å². The number of aryl methyl sites for hydroxylation is 1. The molecule has 1 N–H and O–H groups in total. The Morgan fingerprint density at radius 3 is 2.82 bits per heavy atom. The van der Waals surface area contributed by atoms with Gasteiger partial charge in [-0.05, 0) is 31.9 Å². The first kappa shape index (κ1) is 14.3. The van der Waals surface area contributed by atoms with Crippen LogP contribution in [-0.4, -0.2) is 13.2 Å². The van der Waals surface area contributed by atoms with E-state index in [1.165, 1.54) is 5.56 Å². The zero-order valence-corrected chi connectivity index (χ0v) is 11.5. The van der Waals surface area contributed by atoms with E-state index in [9.17, 15) is 0 Å². The zero-order valence-electron chi connectivity index (χ0n) is 11.5. The molecule has 0 spiro atoms. The van der Waals surface area contributed by atoms with E-state index in [0.29, 0.717) is 12.5 Å². The molecule has 0 aromatic carbocycles. The van der Waals surface area contributed by atoms with Crippen LogP contribution in [0.15, 0.2) is 10.5 Å². The van der Waals surface area contributed by atoms with Crippen molar-refractivity contribution in [3.05, 3.63) is 23.2 Å². The van der Waals surface area contributed by atoms with E-state index < -0.39 is 0 Å². The van der Waals surface area contributed by atoms with Gasteiger partial charge in [0.15, 0.2) is 0 Å². The van der Waals surface area contributed by atoms with Gasteiger partial charge in [-0.15, -0.1) is 0 Å². The monoisotopic (exact) mass is 239 g/mol. The van der Waals surface area contributed by atoms with E-state index in [-0.39, 0.29) is 0 Å². The van der Waals surface area contributed by atoms with E-state index in [4.69, 9.17) is 9.15 Å². The van der Waals surface area contributed by atoms with Crippen LogP contribution >= 0.6 is 0 Å². The van der Waals surface area contributed by atoms with Gasteiger partial charge in [0, 0.05) is 18.7 Å². The van der Waals surface area contributed by atoms with Crippen LogP contribution in [0.2, 0.25) is 0 Å². The topological polar surface area (TPSA) is 34.4 Å². The summed E-state index contributed by atoms with van der Waals surface area (Å²) in [6.45, 7) is 11.8. The number of ether oxygens (including phenoxy) is 1. The van der Waals surface area contributed by atoms with Gasteiger partial charge in [-0.2, -0.15) is 0 Å². The SMILES string of the molecule is CCCOCc1cc(CNCC(C)C)c(C)o1. The molecule has 17 heavy (non-hydrogen) atoms. The summed E-state index contributed by atoms with van der Waals surface area (Å²) >= 11 is 0. The highest BCUT2D eigenvalue weighted by Gasteiger charge is 2.07. The minimum absolute atomic E-state index is 0.582. The highest BCUT2D eigenvalue weighted by atomic mass is 16.5. The van der Waals surface area contributed by atoms with Gasteiger partial charge in [-0.3, -0.25) is 0 Å². The third-order valence-electron chi connectivity index (χ3n) is 2.53. The maximum atomic E-state index is 5.65. The Bertz CT molecular complexity index is 318. The molecule has 0 aliphatic carbocycles. The van der Waals surface area contributed by atoms with Gasteiger partial charge < -0.3 is 14.5 Å². The van der Waals surface area contributed by atoms with E-state index in [0.717, 1.165) is 37.6 Å². The smallest absolute Gasteiger partial charge is 0.130 e. The first-order valence-corrected chi connectivity index (χ1v) is 6.50. The average Bonchev–Trinajstić information content (AvgIpc) is 2.60. The molecule has 0 unspecified atom stereocenters. The van der Waals surface area contributed by atoms with E-state index in [2.05, 4.69) is 32.2 Å². The summed E-state index contributed by atoms with van der Waals surface area (Å²) in [6.07, 6.45) is 1.04. The van der Waals surface area contributed by atoms with Crippen molar-refractivity contribution in [3.63, 3.8) is 0 Å². The van der Waals surface area contributed by atoms with Crippen LogP contribution in [0.5, 0.6) is 0 Å². The molecule has 0 amide bonds. The molecule has 0 radical (unpaired) electrons. The number of hydrogen-bond donors (Lipinski definition) is 1. The van der Waals surface area contributed by atoms with Crippen LogP contribution in [0.4, 0.5) is 0 Å². The molecule has 0 saturated carbocycles. The van der Waals surface area contributed by atoms with Crippen molar-refractivity contribution in [3.8, 4) is 0 Å². The molecule has 1 aromatic heterocycles. The van der Waals surface area contributed by atoms with Gasteiger partial charge in [0.2, 0.25) is 0 Å². The van der Waals surface area contributed by atoms with Crippen molar-refractivity contribution >= 4 is 0 Å². The Hall–Kier alpha value is -0.800. The summed E-state index contributed by atoms with van der Waals surface area (Å²) in [7, 11) is 0. The highest BCUT2D eigenvalue weighted by Crippen LogP contribution is 2.15. The summed E-state index contributed by atoms with van der Waals surface area (Å²) in [6, 6.07) is 2.10. The Labute approximate surface area is 105 Å². The maximum Gasteiger partial charge on any atom is 0.130 e. The number of hydrogen-bond acceptors (Lipinski definition) is 3. The Kier molecular flexibility index (Phi) is 6.30. The molecular weight excluding hydrogens is 214 g/mol. The van der Waals surface area contributed by atoms with Crippen LogP contribution in [-0.2, 0) is 17.9 Å². The second-order valence-electron chi connectivity index (χ2n) is 4.87. The molecule has 3 nitrogen and oxygen atoms in total. The second-order valence-corrected chi connectivity index (χ2v) is 4.87. The van der Waals surface area contributed by atoms with Crippen LogP contribution in [0.25, 0.3) is 0 Å². The van der Waals surface area contributed by atoms with Crippen molar-refractivity contribution in [2.24, 2.45) is 5.92 Å². The number of nitrogens with one attached hydrogen (secondary N) is 1. The van der Waals surface area contributed by atoms with Gasteiger partial charge >= 0.3 is 0 Å². The molecule has 1 heterocycles. The Morgan fingerprint density at radius 1 is 1.41 bits per heavy atom. The second kappa shape index (κ2) is 7.51. The minimum atomic E-state index is 0.582. The van der Waals surface area contributed by atoms with Crippen LogP contribution in [0.1, 0.15) is 44.3 Å². The lowest BCUT2D eigenvalue weighted by Gasteiger charge is -2.05. The molecule has 0 aliphatic heterocycles. The standard InChI is InChI=1S/C14H25NO2/c1-5-6-16-10-14-7-13(12(4)17-14)9-15-8-11(2)3/h7,11,15H,5-6,8-10H2,1-4H3. The van der Waals surface area contributed by atoms with E-state index in [1.54, 1.807) is 0 Å². The fraction of sp³-hybridized carbons (Fsp3) is 0.714. The van der Waals surface area contributed by atoms with Crippen LogP contribution in [0, 0.1) is 12.8 Å². The lowest BCUT2D eigenvalue weighted by molar-refractivity contribution is 0.106. The molecule has 0 fully saturated rings. The molecular formula is C14H25NO2. The first-order chi connectivity index (χ1) is 8.13. The van der Waals surface area contributed by atoms with E-state index >= 15 is 0 Å². The van der Waals surface area contributed by atoms with Crippen molar-refractivity contribution < 1.29 is 9.15 Å². The first-order valence-electron chi connectivity index (χ1n) is 6.50. The molecule has 0 bridgehead atoms. The van der Waals surface area contributed by atoms with Gasteiger partial charge in [-0.1, -0.05) is 20.8 Å². The summed E-state index contributed by atoms with van der Waals surface area (Å²) in [4.78, 5) is 0. The largest absolute Gasteiger partial charge is 0.464 e. The number of furan rings is 1. The lowest BCUT2D eigenvalue weighted by Crippen LogP contribution is -2.18. The molecule has 0 atom stereocenters. The van der Waals surface area contributed by atoms with Gasteiger partial charge in [-0.25, -0.2) is 0 Å². The summed E-state index contributed by atoms with van der Waals surface area (Å²) in [5.41, 5.74) is 1.24. The molecule has 1 aromatic rings. The third-order valence-corrected chi connectivity index (χ3v) is 2.53. The van der Waals surface area contributed by atoms with Crippen molar-refractivity contribution in [2.45, 2.75) is 47.3 Å². The zero-order chi connectivity index (χ0) is 12.7. The van der Waals surface area contributed by atoms with Gasteiger partial charge in [0.05, 0.1) is 0 Å². The predicted molar refractivity (Wildman–Crippen MR) is 69.9 cm³/mol. The molecule has 1 rings (SSSR count). The minimum Gasteiger partial charge on any atom is -0.464 e. The average molecular weight is 239 g/mol. The predicted octanol–water partition coefficient (Wildman–Crippen LogP) is 3.26. The van der Waals surface area contributed by atoms with Crippen molar-refractivity contribution in [1.29, 1.82) is 0 Å². The molecule has 0 saturated heterocycles. The van der Waals surface area contributed by atoms with Crippen molar-refractivity contribution in [2.75, 3.05) is 13.2 Å². The van der Waals surface area contributed by atoms with Crippen LogP contribution < -0.4 is 5.32 Å². The highest BCUT2D eigenvalue weighted by molar-refractivity contribution is 5.20. The van der Waals surface area contributed by atoms with Crippen LogP contribution in [0.3, 0.4) is 0 Å². The fourth-order valence-electron chi connectivity index (χ4n) is 1.65. The summed E-state index contributed by atoms with van der Waals surface area (Å²) < 4.78 is 11.1. The number of rotatable bonds is 8. The summed E-state index contributed by atoms with van der Waals surface area (Å²) in [5, 5.41) is 3.42. The maximum absolute atomic E-state index is 5.65. The lowest BCUT2D eigenvalue weighted by atomic mass is 10.2. The molecule has 0 aliphatic rings. The van der Waals surface area contributed by atoms with E-state index in [1.807, 2.05) is 6.92 Å². The quantitative estimate of drug-likeness (QED) is 0.707. The molecule has 98 valence electrons. The Morgan fingerprint density at radius 2 is 2.18 bits per heavy atom. The normalized spacial score (nSPS) is 11.4. The Balaban J connectivity index is 2.39. The third kappa shape index (κ3) is 5.37. The fourth-order valence-corrected chi connectivity index (χ4v) is 1.65.